The molecule has 0 saturated heterocycles. The van der Waals surface area contributed by atoms with Crippen LogP contribution in [0.15, 0.2) is 48.5 Å². The lowest BCUT2D eigenvalue weighted by molar-refractivity contribution is -0.122. The topological polar surface area (TPSA) is 46.6 Å². The van der Waals surface area contributed by atoms with Crippen molar-refractivity contribution in [3.63, 3.8) is 0 Å². The number of fused-ring (bicyclic) bond motifs is 1. The number of nitrogens with zero attached hydrogens (tertiary/aromatic N) is 1. The summed E-state index contributed by atoms with van der Waals surface area (Å²) in [6.45, 7) is 3.66. The summed E-state index contributed by atoms with van der Waals surface area (Å²) >= 11 is 0. The number of carbonyl (C=O) groups excluding carboxylic acids is 2. The summed E-state index contributed by atoms with van der Waals surface area (Å²) in [7, 11) is 0. The highest BCUT2D eigenvalue weighted by Gasteiger charge is 2.30. The molecule has 4 heteroatoms. The lowest BCUT2D eigenvalue weighted by atomic mass is 10.1. The standard InChI is InChI=1S/C19H19NO3/c1-13-6-5-8-16(10-13)19(22)23-12-18(21)20-14(2)11-15-7-3-4-9-17(15)20/h3-10,14H,11-12H2,1-2H3/t14-/m0/s1. The van der Waals surface area contributed by atoms with E-state index in [1.807, 2.05) is 44.2 Å². The molecule has 0 N–H and O–H groups in total. The van der Waals surface area contributed by atoms with E-state index in [1.54, 1.807) is 23.1 Å². The maximum Gasteiger partial charge on any atom is 0.338 e. The van der Waals surface area contributed by atoms with Crippen LogP contribution in [0.2, 0.25) is 0 Å². The first kappa shape index (κ1) is 15.3. The molecule has 23 heavy (non-hydrogen) atoms. The highest BCUT2D eigenvalue weighted by atomic mass is 16.5. The zero-order chi connectivity index (χ0) is 16.4. The first-order chi connectivity index (χ1) is 11.1. The summed E-state index contributed by atoms with van der Waals surface area (Å²) in [5.41, 5.74) is 3.51. The molecule has 1 aliphatic heterocycles. The van der Waals surface area contributed by atoms with Crippen LogP contribution in [0.25, 0.3) is 0 Å². The maximum absolute atomic E-state index is 12.5. The number of ether oxygens (including phenoxy) is 1. The van der Waals surface area contributed by atoms with Crippen molar-refractivity contribution in [2.75, 3.05) is 11.5 Å². The van der Waals surface area contributed by atoms with E-state index in [-0.39, 0.29) is 18.6 Å². The van der Waals surface area contributed by atoms with E-state index in [2.05, 4.69) is 0 Å². The Hall–Kier alpha value is -2.62. The van der Waals surface area contributed by atoms with Gasteiger partial charge in [-0.1, -0.05) is 35.9 Å². The summed E-state index contributed by atoms with van der Waals surface area (Å²) < 4.78 is 5.19. The van der Waals surface area contributed by atoms with Gasteiger partial charge in [0.15, 0.2) is 6.61 Å². The summed E-state index contributed by atoms with van der Waals surface area (Å²) in [4.78, 5) is 26.2. The fourth-order valence-electron chi connectivity index (χ4n) is 3.00. The third kappa shape index (κ3) is 3.11. The van der Waals surface area contributed by atoms with Crippen LogP contribution in [0.5, 0.6) is 0 Å². The molecule has 0 spiro atoms. The van der Waals surface area contributed by atoms with Crippen molar-refractivity contribution < 1.29 is 14.3 Å². The van der Waals surface area contributed by atoms with Crippen LogP contribution < -0.4 is 4.90 Å². The zero-order valence-corrected chi connectivity index (χ0v) is 13.3. The summed E-state index contributed by atoms with van der Waals surface area (Å²) in [6, 6.07) is 15.1. The third-order valence-corrected chi connectivity index (χ3v) is 4.06. The van der Waals surface area contributed by atoms with Crippen molar-refractivity contribution in [2.45, 2.75) is 26.3 Å². The average Bonchev–Trinajstić information content (AvgIpc) is 2.88. The van der Waals surface area contributed by atoms with Gasteiger partial charge in [0.25, 0.3) is 5.91 Å². The Labute approximate surface area is 135 Å². The first-order valence-electron chi connectivity index (χ1n) is 7.70. The fraction of sp³-hybridized carbons (Fsp3) is 0.263. The molecule has 0 bridgehead atoms. The molecule has 1 heterocycles. The Balaban J connectivity index is 1.67. The molecule has 118 valence electrons. The number of hydrogen-bond donors (Lipinski definition) is 0. The Kier molecular flexibility index (Phi) is 4.15. The van der Waals surface area contributed by atoms with E-state index in [0.29, 0.717) is 5.56 Å². The molecule has 0 aromatic heterocycles. The minimum Gasteiger partial charge on any atom is -0.452 e. The van der Waals surface area contributed by atoms with E-state index in [0.717, 1.165) is 23.2 Å². The van der Waals surface area contributed by atoms with Crippen molar-refractivity contribution in [3.8, 4) is 0 Å². The minimum atomic E-state index is -0.470. The number of para-hydroxylation sites is 1. The molecular formula is C19H19NO3. The largest absolute Gasteiger partial charge is 0.452 e. The van der Waals surface area contributed by atoms with Gasteiger partial charge in [0.1, 0.15) is 0 Å². The van der Waals surface area contributed by atoms with Crippen molar-refractivity contribution in [1.29, 1.82) is 0 Å². The van der Waals surface area contributed by atoms with Crippen LogP contribution in [-0.2, 0) is 16.0 Å². The predicted molar refractivity (Wildman–Crippen MR) is 88.6 cm³/mol. The van der Waals surface area contributed by atoms with Crippen LogP contribution in [-0.4, -0.2) is 24.5 Å². The van der Waals surface area contributed by atoms with Gasteiger partial charge in [0.2, 0.25) is 0 Å². The Morgan fingerprint density at radius 2 is 1.96 bits per heavy atom. The lowest BCUT2D eigenvalue weighted by Gasteiger charge is -2.22. The van der Waals surface area contributed by atoms with Gasteiger partial charge in [-0.3, -0.25) is 4.79 Å². The number of amides is 1. The van der Waals surface area contributed by atoms with Crippen molar-refractivity contribution in [2.24, 2.45) is 0 Å². The van der Waals surface area contributed by atoms with Crippen LogP contribution >= 0.6 is 0 Å². The van der Waals surface area contributed by atoms with Crippen LogP contribution in [0, 0.1) is 6.92 Å². The molecule has 1 aliphatic rings. The number of aryl methyl sites for hydroxylation is 1. The molecule has 1 atom stereocenters. The second-order valence-electron chi connectivity index (χ2n) is 5.89. The van der Waals surface area contributed by atoms with Gasteiger partial charge in [0.05, 0.1) is 5.56 Å². The summed E-state index contributed by atoms with van der Waals surface area (Å²) in [5, 5.41) is 0. The number of esters is 1. The highest BCUT2D eigenvalue weighted by molar-refractivity contribution is 5.99. The number of rotatable bonds is 3. The molecule has 0 saturated carbocycles. The molecule has 0 unspecified atom stereocenters. The normalized spacial score (nSPS) is 16.1. The maximum atomic E-state index is 12.5. The molecular weight excluding hydrogens is 290 g/mol. The van der Waals surface area contributed by atoms with E-state index in [1.165, 1.54) is 0 Å². The zero-order valence-electron chi connectivity index (χ0n) is 13.3. The number of carbonyl (C=O) groups is 2. The minimum absolute atomic E-state index is 0.0811. The van der Waals surface area contributed by atoms with E-state index in [9.17, 15) is 9.59 Å². The van der Waals surface area contributed by atoms with Crippen molar-refractivity contribution >= 4 is 17.6 Å². The van der Waals surface area contributed by atoms with Gasteiger partial charge >= 0.3 is 5.97 Å². The Bertz CT molecular complexity index is 754. The van der Waals surface area contributed by atoms with Gasteiger partial charge in [-0.25, -0.2) is 4.79 Å². The number of benzene rings is 2. The number of hydrogen-bond acceptors (Lipinski definition) is 3. The van der Waals surface area contributed by atoms with Gasteiger partial charge in [-0.05, 0) is 44.0 Å². The summed E-state index contributed by atoms with van der Waals surface area (Å²) in [6.07, 6.45) is 0.827. The molecule has 0 aliphatic carbocycles. The van der Waals surface area contributed by atoms with Crippen LogP contribution in [0.3, 0.4) is 0 Å². The molecule has 0 radical (unpaired) electrons. The van der Waals surface area contributed by atoms with E-state index >= 15 is 0 Å². The molecule has 2 aromatic rings. The van der Waals surface area contributed by atoms with Crippen molar-refractivity contribution in [1.82, 2.24) is 0 Å². The molecule has 4 nitrogen and oxygen atoms in total. The lowest BCUT2D eigenvalue weighted by Crippen LogP contribution is -2.38. The first-order valence-corrected chi connectivity index (χ1v) is 7.70. The van der Waals surface area contributed by atoms with Gasteiger partial charge < -0.3 is 9.64 Å². The number of anilines is 1. The Morgan fingerprint density at radius 3 is 2.74 bits per heavy atom. The third-order valence-electron chi connectivity index (χ3n) is 4.06. The highest BCUT2D eigenvalue weighted by Crippen LogP contribution is 2.31. The Morgan fingerprint density at radius 1 is 1.17 bits per heavy atom. The van der Waals surface area contributed by atoms with Gasteiger partial charge in [0, 0.05) is 11.7 Å². The van der Waals surface area contributed by atoms with Crippen molar-refractivity contribution in [3.05, 3.63) is 65.2 Å². The fourth-order valence-corrected chi connectivity index (χ4v) is 3.00. The van der Waals surface area contributed by atoms with E-state index < -0.39 is 5.97 Å². The van der Waals surface area contributed by atoms with Crippen LogP contribution in [0.4, 0.5) is 5.69 Å². The molecule has 1 amide bonds. The van der Waals surface area contributed by atoms with E-state index in [4.69, 9.17) is 4.74 Å². The predicted octanol–water partition coefficient (Wildman–Crippen LogP) is 3.13. The van der Waals surface area contributed by atoms with Crippen LogP contribution in [0.1, 0.15) is 28.4 Å². The molecule has 3 rings (SSSR count). The molecule has 0 fully saturated rings. The second kappa shape index (κ2) is 6.24. The van der Waals surface area contributed by atoms with Gasteiger partial charge in [-0.15, -0.1) is 0 Å². The average molecular weight is 309 g/mol. The smallest absolute Gasteiger partial charge is 0.338 e. The monoisotopic (exact) mass is 309 g/mol. The second-order valence-corrected chi connectivity index (χ2v) is 5.89. The quantitative estimate of drug-likeness (QED) is 0.818. The molecule has 2 aromatic carbocycles. The van der Waals surface area contributed by atoms with Gasteiger partial charge in [-0.2, -0.15) is 0 Å². The SMILES string of the molecule is Cc1cccc(C(=O)OCC(=O)N2c3ccccc3C[C@@H]2C)c1. The summed E-state index contributed by atoms with van der Waals surface area (Å²) in [5.74, 6) is -0.661.